The number of methoxy groups -OCH3 is 6. The van der Waals surface area contributed by atoms with E-state index in [1.807, 2.05) is 24.3 Å². The highest BCUT2D eigenvalue weighted by Gasteiger charge is 2.31. The van der Waals surface area contributed by atoms with Gasteiger partial charge in [0.2, 0.25) is 11.5 Å². The summed E-state index contributed by atoms with van der Waals surface area (Å²) in [7, 11) is 11.2. The molecule has 0 bridgehead atoms. The molecule has 3 rings (SSSR count). The van der Waals surface area contributed by atoms with Crippen molar-refractivity contribution in [2.75, 3.05) is 49.8 Å². The predicted molar refractivity (Wildman–Crippen MR) is 121 cm³/mol. The monoisotopic (exact) mass is 445 g/mol. The topological polar surface area (TPSA) is 76.6 Å². The first-order valence-corrected chi connectivity index (χ1v) is 10.2. The van der Waals surface area contributed by atoms with Crippen molar-refractivity contribution in [3.63, 3.8) is 0 Å². The molecule has 1 aliphatic carbocycles. The van der Waals surface area contributed by atoms with Gasteiger partial charge >= 0.3 is 0 Å². The lowest BCUT2D eigenvalue weighted by Crippen LogP contribution is -2.16. The van der Waals surface area contributed by atoms with E-state index in [-0.39, 0.29) is 5.92 Å². The predicted octanol–water partition coefficient (Wildman–Crippen LogP) is 4.18. The van der Waals surface area contributed by atoms with E-state index in [0.29, 0.717) is 34.5 Å². The molecule has 174 valence electrons. The van der Waals surface area contributed by atoms with Gasteiger partial charge < -0.3 is 28.4 Å². The zero-order valence-electron chi connectivity index (χ0n) is 19.7. The van der Waals surface area contributed by atoms with Gasteiger partial charge in [-0.1, -0.05) is 0 Å². The minimum Gasteiger partial charge on any atom is -0.493 e. The Labute approximate surface area is 188 Å². The van der Waals surface area contributed by atoms with E-state index < -0.39 is 0 Å². The van der Waals surface area contributed by atoms with Crippen molar-refractivity contribution in [1.82, 2.24) is 5.48 Å². The summed E-state index contributed by atoms with van der Waals surface area (Å²) >= 11 is 0. The fraction of sp³-hybridized carbons (Fsp3) is 0.417. The molecule has 8 nitrogen and oxygen atoms in total. The lowest BCUT2D eigenvalue weighted by atomic mass is 9.95. The van der Waals surface area contributed by atoms with Crippen LogP contribution in [-0.4, -0.2) is 49.8 Å². The van der Waals surface area contributed by atoms with Crippen LogP contribution in [0.5, 0.6) is 34.5 Å². The fourth-order valence-electron chi connectivity index (χ4n) is 4.21. The zero-order chi connectivity index (χ0) is 23.3. The van der Waals surface area contributed by atoms with Crippen LogP contribution in [0.15, 0.2) is 30.0 Å². The number of hydrogen-bond donors (Lipinski definition) is 1. The van der Waals surface area contributed by atoms with E-state index >= 15 is 0 Å². The third-order valence-electron chi connectivity index (χ3n) is 5.67. The molecule has 32 heavy (non-hydrogen) atoms. The molecule has 0 saturated carbocycles. The van der Waals surface area contributed by atoms with E-state index in [1.165, 1.54) is 0 Å². The Morgan fingerprint density at radius 1 is 0.656 bits per heavy atom. The van der Waals surface area contributed by atoms with E-state index in [2.05, 4.69) is 5.48 Å². The second-order valence-electron chi connectivity index (χ2n) is 7.16. The molecule has 0 amide bonds. The average molecular weight is 446 g/mol. The van der Waals surface area contributed by atoms with Crippen LogP contribution in [0.3, 0.4) is 0 Å². The second kappa shape index (κ2) is 10.4. The van der Waals surface area contributed by atoms with Crippen molar-refractivity contribution in [3.05, 3.63) is 41.1 Å². The molecule has 1 unspecified atom stereocenters. The Kier molecular flexibility index (Phi) is 7.58. The Bertz CT molecular complexity index is 936. The van der Waals surface area contributed by atoms with Gasteiger partial charge in [-0.05, 0) is 53.8 Å². The molecule has 0 saturated heterocycles. The Morgan fingerprint density at radius 3 is 1.53 bits per heavy atom. The lowest BCUT2D eigenvalue weighted by molar-refractivity contribution is 0.114. The quantitative estimate of drug-likeness (QED) is 0.546. The van der Waals surface area contributed by atoms with Crippen molar-refractivity contribution < 1.29 is 33.3 Å². The van der Waals surface area contributed by atoms with Crippen LogP contribution in [0.4, 0.5) is 0 Å². The highest BCUT2D eigenvalue weighted by molar-refractivity contribution is 5.76. The molecule has 1 N–H and O–H groups in total. The Morgan fingerprint density at radius 2 is 1.12 bits per heavy atom. The SMILES string of the molecule is CONC1=C(c2cc(OC)c(OC)c(OC)c2)CCC1c1cc(OC)c(OC)c(OC)c1. The Hall–Kier alpha value is -3.26. The fourth-order valence-corrected chi connectivity index (χ4v) is 4.21. The molecule has 2 aromatic carbocycles. The first-order chi connectivity index (χ1) is 15.6. The summed E-state index contributed by atoms with van der Waals surface area (Å²) in [4.78, 5) is 5.36. The molecule has 0 heterocycles. The van der Waals surface area contributed by atoms with Crippen LogP contribution in [0.1, 0.15) is 29.9 Å². The zero-order valence-corrected chi connectivity index (χ0v) is 19.7. The molecule has 0 aliphatic heterocycles. The number of hydrogen-bond acceptors (Lipinski definition) is 8. The highest BCUT2D eigenvalue weighted by atomic mass is 16.6. The molecule has 0 spiro atoms. The maximum absolute atomic E-state index is 5.55. The van der Waals surface area contributed by atoms with Crippen LogP contribution in [0.2, 0.25) is 0 Å². The third-order valence-corrected chi connectivity index (χ3v) is 5.67. The van der Waals surface area contributed by atoms with Gasteiger partial charge in [-0.15, -0.1) is 0 Å². The third kappa shape index (κ3) is 4.23. The van der Waals surface area contributed by atoms with Crippen LogP contribution < -0.4 is 33.9 Å². The Balaban J connectivity index is 2.14. The minimum absolute atomic E-state index is 0.0396. The largest absolute Gasteiger partial charge is 0.493 e. The van der Waals surface area contributed by atoms with Crippen molar-refractivity contribution in [1.29, 1.82) is 0 Å². The van der Waals surface area contributed by atoms with Crippen LogP contribution in [0, 0.1) is 0 Å². The molecule has 8 heteroatoms. The summed E-state index contributed by atoms with van der Waals surface area (Å²) in [6, 6.07) is 7.85. The van der Waals surface area contributed by atoms with Gasteiger partial charge in [0.05, 0.1) is 49.8 Å². The van der Waals surface area contributed by atoms with E-state index in [0.717, 1.165) is 35.2 Å². The molecule has 0 aromatic heterocycles. The van der Waals surface area contributed by atoms with Gasteiger partial charge in [0, 0.05) is 11.6 Å². The summed E-state index contributed by atoms with van der Waals surface area (Å²) in [5.74, 6) is 3.58. The summed E-state index contributed by atoms with van der Waals surface area (Å²) in [6.45, 7) is 0. The van der Waals surface area contributed by atoms with Crippen LogP contribution >= 0.6 is 0 Å². The number of ether oxygens (including phenoxy) is 6. The number of hydroxylamine groups is 1. The molecule has 1 atom stereocenters. The van der Waals surface area contributed by atoms with Crippen LogP contribution in [-0.2, 0) is 4.84 Å². The normalized spacial score (nSPS) is 15.4. The van der Waals surface area contributed by atoms with Crippen molar-refractivity contribution >= 4 is 5.57 Å². The van der Waals surface area contributed by atoms with Crippen molar-refractivity contribution in [2.45, 2.75) is 18.8 Å². The summed E-state index contributed by atoms with van der Waals surface area (Å²) < 4.78 is 33.1. The van der Waals surface area contributed by atoms with Crippen molar-refractivity contribution in [2.24, 2.45) is 0 Å². The van der Waals surface area contributed by atoms with E-state index in [4.69, 9.17) is 33.3 Å². The van der Waals surface area contributed by atoms with Gasteiger partial charge in [-0.3, -0.25) is 10.3 Å². The molecule has 0 radical (unpaired) electrons. The lowest BCUT2D eigenvalue weighted by Gasteiger charge is -2.20. The van der Waals surface area contributed by atoms with Gasteiger partial charge in [0.15, 0.2) is 23.0 Å². The molecule has 2 aromatic rings. The smallest absolute Gasteiger partial charge is 0.203 e. The van der Waals surface area contributed by atoms with E-state index in [9.17, 15) is 0 Å². The molecule has 1 aliphatic rings. The number of rotatable bonds is 10. The number of nitrogens with one attached hydrogen (secondary N) is 1. The van der Waals surface area contributed by atoms with Crippen molar-refractivity contribution in [3.8, 4) is 34.5 Å². The minimum atomic E-state index is 0.0396. The standard InChI is InChI=1S/C24H31NO7/c1-26-18-10-14(11-19(27-2)23(18)30-5)16-8-9-17(22(16)25-32-7)15-12-20(28-3)24(31-6)21(13-15)29-4/h10-13,16,25H,8-9H2,1-7H3. The van der Waals surface area contributed by atoms with Gasteiger partial charge in [0.1, 0.15) is 0 Å². The van der Waals surface area contributed by atoms with Gasteiger partial charge in [0.25, 0.3) is 0 Å². The maximum Gasteiger partial charge on any atom is 0.203 e. The number of allylic oxidation sites excluding steroid dienone is 2. The first-order valence-electron chi connectivity index (χ1n) is 10.2. The summed E-state index contributed by atoms with van der Waals surface area (Å²) in [5, 5.41) is 0. The van der Waals surface area contributed by atoms with E-state index in [1.54, 1.807) is 49.8 Å². The summed E-state index contributed by atoms with van der Waals surface area (Å²) in [5.41, 5.74) is 7.15. The van der Waals surface area contributed by atoms with Gasteiger partial charge in [-0.25, -0.2) is 0 Å². The maximum atomic E-state index is 5.55. The summed E-state index contributed by atoms with van der Waals surface area (Å²) in [6.07, 6.45) is 1.70. The molecule has 0 fully saturated rings. The highest BCUT2D eigenvalue weighted by Crippen LogP contribution is 2.49. The second-order valence-corrected chi connectivity index (χ2v) is 7.16. The number of benzene rings is 2. The molecular formula is C24H31NO7. The average Bonchev–Trinajstić information content (AvgIpc) is 3.25. The first kappa shape index (κ1) is 23.4. The van der Waals surface area contributed by atoms with Crippen LogP contribution in [0.25, 0.3) is 5.57 Å². The molecular weight excluding hydrogens is 414 g/mol. The van der Waals surface area contributed by atoms with Gasteiger partial charge in [-0.2, -0.15) is 0 Å².